The van der Waals surface area contributed by atoms with Gasteiger partial charge in [0.2, 0.25) is 0 Å². The smallest absolute Gasteiger partial charge is 0.322 e. The zero-order valence-corrected chi connectivity index (χ0v) is 18.9. The topological polar surface area (TPSA) is 95.9 Å². The van der Waals surface area contributed by atoms with E-state index in [1.807, 2.05) is 23.9 Å². The van der Waals surface area contributed by atoms with Crippen LogP contribution in [0.4, 0.5) is 14.9 Å². The van der Waals surface area contributed by atoms with Crippen molar-refractivity contribution < 1.29 is 9.18 Å². The number of nitrogens with zero attached hydrogens (tertiary/aromatic N) is 4. The molecule has 1 saturated heterocycles. The van der Waals surface area contributed by atoms with Crippen LogP contribution in [0.1, 0.15) is 30.1 Å². The van der Waals surface area contributed by atoms with Crippen LogP contribution in [0.5, 0.6) is 0 Å². The van der Waals surface area contributed by atoms with Crippen LogP contribution in [0.15, 0.2) is 47.5 Å². The molecule has 0 aliphatic carbocycles. The molecule has 1 aromatic carbocycles. The highest BCUT2D eigenvalue weighted by molar-refractivity contribution is 6.34. The van der Waals surface area contributed by atoms with Gasteiger partial charge in [-0.05, 0) is 54.7 Å². The Hall–Kier alpha value is -3.72. The van der Waals surface area contributed by atoms with Gasteiger partial charge in [-0.2, -0.15) is 5.10 Å². The van der Waals surface area contributed by atoms with Crippen LogP contribution < -0.4 is 10.9 Å². The molecule has 0 unspecified atom stereocenters. The number of nitrogens with one attached hydrogen (secondary N) is 2. The van der Waals surface area contributed by atoms with Gasteiger partial charge >= 0.3 is 6.03 Å². The van der Waals surface area contributed by atoms with E-state index in [4.69, 9.17) is 11.6 Å². The Morgan fingerprint density at radius 3 is 2.94 bits per heavy atom. The number of carbonyl (C=O) groups excluding carboxylic acids is 1. The maximum atomic E-state index is 15.2. The fraction of sp³-hybridized carbons (Fsp3) is 0.250. The van der Waals surface area contributed by atoms with Crippen molar-refractivity contribution in [3.05, 3.63) is 75.2 Å². The number of amides is 2. The number of pyridine rings is 1. The van der Waals surface area contributed by atoms with E-state index in [2.05, 4.69) is 20.5 Å². The van der Waals surface area contributed by atoms with Crippen molar-refractivity contribution in [2.24, 2.45) is 7.05 Å². The number of H-pyrrole nitrogens is 1. The van der Waals surface area contributed by atoms with E-state index in [9.17, 15) is 9.59 Å². The number of aromatic amines is 1. The highest BCUT2D eigenvalue weighted by atomic mass is 35.5. The largest absolute Gasteiger partial charge is 0.336 e. The van der Waals surface area contributed by atoms with E-state index in [0.717, 1.165) is 35.0 Å². The van der Waals surface area contributed by atoms with Gasteiger partial charge in [0.25, 0.3) is 5.56 Å². The molecule has 3 aromatic heterocycles. The lowest BCUT2D eigenvalue weighted by molar-refractivity contribution is 0.177. The summed E-state index contributed by atoms with van der Waals surface area (Å²) in [6.45, 7) is 0. The summed E-state index contributed by atoms with van der Waals surface area (Å²) in [6, 6.07) is 7.29. The summed E-state index contributed by atoms with van der Waals surface area (Å²) in [6.07, 6.45) is 5.62. The molecular formula is C24H20ClFN6O2. The van der Waals surface area contributed by atoms with Gasteiger partial charge in [-0.15, -0.1) is 0 Å². The molecule has 6 rings (SSSR count). The van der Waals surface area contributed by atoms with Crippen LogP contribution >= 0.6 is 11.6 Å². The summed E-state index contributed by atoms with van der Waals surface area (Å²) in [5.74, 6) is -0.583. The predicted molar refractivity (Wildman–Crippen MR) is 126 cm³/mol. The van der Waals surface area contributed by atoms with Gasteiger partial charge in [-0.1, -0.05) is 11.6 Å². The zero-order chi connectivity index (χ0) is 23.6. The number of halogens is 2. The molecule has 2 aliphatic rings. The number of fused-ring (bicyclic) bond motifs is 5. The molecule has 2 bridgehead atoms. The molecular weight excluding hydrogens is 459 g/mol. The van der Waals surface area contributed by atoms with E-state index in [0.29, 0.717) is 22.7 Å². The third-order valence-corrected chi connectivity index (χ3v) is 7.10. The SMILES string of the molecule is Cn1ccc2c(-c3cc(F)c(NC(=O)N4[C@H]5CC[C@@H]4c4n[nH]c(=O)cc4C5)cc3Cl)ccnc21. The minimum atomic E-state index is -0.583. The van der Waals surface area contributed by atoms with Crippen LogP contribution in [0, 0.1) is 5.82 Å². The second-order valence-corrected chi connectivity index (χ2v) is 9.17. The molecule has 172 valence electrons. The quantitative estimate of drug-likeness (QED) is 0.446. The van der Waals surface area contributed by atoms with Crippen molar-refractivity contribution in [3.63, 3.8) is 0 Å². The van der Waals surface area contributed by atoms with Gasteiger partial charge in [0.05, 0.1) is 22.4 Å². The molecule has 34 heavy (non-hydrogen) atoms. The molecule has 2 aliphatic heterocycles. The van der Waals surface area contributed by atoms with Gasteiger partial charge in [-0.3, -0.25) is 4.79 Å². The molecule has 0 spiro atoms. The number of aryl methyl sites for hydroxylation is 1. The Labute approximate surface area is 198 Å². The lowest BCUT2D eigenvalue weighted by Gasteiger charge is -2.35. The highest BCUT2D eigenvalue weighted by Gasteiger charge is 2.44. The summed E-state index contributed by atoms with van der Waals surface area (Å²) in [5.41, 5.74) is 3.37. The van der Waals surface area contributed by atoms with E-state index < -0.39 is 11.8 Å². The van der Waals surface area contributed by atoms with Gasteiger partial charge in [-0.25, -0.2) is 19.3 Å². The molecule has 4 aromatic rings. The fourth-order valence-electron chi connectivity index (χ4n) is 5.24. The summed E-state index contributed by atoms with van der Waals surface area (Å²) in [5, 5.41) is 10.5. The molecule has 2 atom stereocenters. The van der Waals surface area contributed by atoms with Crippen molar-refractivity contribution >= 4 is 34.4 Å². The lowest BCUT2D eigenvalue weighted by Crippen LogP contribution is -2.45. The maximum absolute atomic E-state index is 15.2. The van der Waals surface area contributed by atoms with Crippen molar-refractivity contribution in [2.45, 2.75) is 31.3 Å². The van der Waals surface area contributed by atoms with Crippen LogP contribution in [-0.2, 0) is 13.5 Å². The van der Waals surface area contributed by atoms with Crippen molar-refractivity contribution in [1.82, 2.24) is 24.6 Å². The first-order valence-electron chi connectivity index (χ1n) is 11.0. The third-order valence-electron chi connectivity index (χ3n) is 6.79. The monoisotopic (exact) mass is 478 g/mol. The first-order chi connectivity index (χ1) is 16.4. The number of rotatable bonds is 2. The Morgan fingerprint density at radius 2 is 2.09 bits per heavy atom. The first-order valence-corrected chi connectivity index (χ1v) is 11.4. The summed E-state index contributed by atoms with van der Waals surface area (Å²) in [4.78, 5) is 30.9. The number of hydrogen-bond donors (Lipinski definition) is 2. The number of benzene rings is 1. The van der Waals surface area contributed by atoms with E-state index in [1.165, 1.54) is 12.1 Å². The maximum Gasteiger partial charge on any atom is 0.322 e. The Balaban J connectivity index is 1.31. The number of aromatic nitrogens is 4. The van der Waals surface area contributed by atoms with Crippen molar-refractivity contribution in [1.29, 1.82) is 0 Å². The summed E-state index contributed by atoms with van der Waals surface area (Å²) >= 11 is 6.56. The van der Waals surface area contributed by atoms with Crippen LogP contribution in [0.2, 0.25) is 5.02 Å². The van der Waals surface area contributed by atoms with E-state index in [1.54, 1.807) is 23.2 Å². The van der Waals surface area contributed by atoms with Gasteiger partial charge in [0.1, 0.15) is 11.5 Å². The summed E-state index contributed by atoms with van der Waals surface area (Å²) < 4.78 is 17.1. The molecule has 10 heteroatoms. The number of urea groups is 1. The van der Waals surface area contributed by atoms with Crippen LogP contribution in [0.3, 0.4) is 0 Å². The Kier molecular flexibility index (Phi) is 4.70. The van der Waals surface area contributed by atoms with Gasteiger partial charge < -0.3 is 14.8 Å². The average Bonchev–Trinajstić information content (AvgIpc) is 3.35. The van der Waals surface area contributed by atoms with Crippen molar-refractivity contribution in [3.8, 4) is 11.1 Å². The number of carbonyl (C=O) groups is 1. The van der Waals surface area contributed by atoms with E-state index >= 15 is 4.39 Å². The lowest BCUT2D eigenvalue weighted by atomic mass is 9.99. The van der Waals surface area contributed by atoms with Gasteiger partial charge in [0.15, 0.2) is 0 Å². The zero-order valence-electron chi connectivity index (χ0n) is 18.2. The second kappa shape index (κ2) is 7.66. The molecule has 5 heterocycles. The molecule has 2 amide bonds. The number of hydrogen-bond acceptors (Lipinski definition) is 4. The fourth-order valence-corrected chi connectivity index (χ4v) is 5.51. The van der Waals surface area contributed by atoms with E-state index in [-0.39, 0.29) is 23.3 Å². The molecule has 0 radical (unpaired) electrons. The molecule has 8 nitrogen and oxygen atoms in total. The normalized spacial score (nSPS) is 18.9. The summed E-state index contributed by atoms with van der Waals surface area (Å²) in [7, 11) is 1.89. The highest BCUT2D eigenvalue weighted by Crippen LogP contribution is 2.43. The van der Waals surface area contributed by atoms with Crippen molar-refractivity contribution in [2.75, 3.05) is 5.32 Å². The number of anilines is 1. The third kappa shape index (κ3) is 3.19. The Morgan fingerprint density at radius 1 is 1.24 bits per heavy atom. The first kappa shape index (κ1) is 20.9. The second-order valence-electron chi connectivity index (χ2n) is 8.77. The van der Waals surface area contributed by atoms with Crippen LogP contribution in [0.25, 0.3) is 22.2 Å². The molecule has 1 fully saturated rings. The molecule has 2 N–H and O–H groups in total. The molecule has 0 saturated carbocycles. The average molecular weight is 479 g/mol. The van der Waals surface area contributed by atoms with Gasteiger partial charge in [0, 0.05) is 42.5 Å². The minimum absolute atomic E-state index is 0.0109. The Bertz CT molecular complexity index is 1530. The standard InChI is InChI=1S/C24H20ClFN6O2/c1-31-7-5-15-14(4-6-27-23(15)31)16-10-18(26)19(11-17(16)25)28-24(34)32-13-2-3-20(32)22-12(8-13)9-21(33)29-30-22/h4-7,9-11,13,20H,2-3,8H2,1H3,(H,28,34)(H,29,33)/t13-,20+/m0/s1. The minimum Gasteiger partial charge on any atom is -0.336 e. The predicted octanol–water partition coefficient (Wildman–Crippen LogP) is 4.41. The van der Waals surface area contributed by atoms with Crippen LogP contribution in [-0.4, -0.2) is 36.7 Å².